The molecule has 0 fully saturated rings. The molecule has 0 saturated heterocycles. The lowest BCUT2D eigenvalue weighted by atomic mass is 10.1. The second-order valence-electron chi connectivity index (χ2n) is 9.38. The Morgan fingerprint density at radius 2 is 1.80 bits per heavy atom. The van der Waals surface area contributed by atoms with E-state index in [1.54, 1.807) is 50.2 Å². The van der Waals surface area contributed by atoms with E-state index in [1.807, 2.05) is 4.98 Å². The molecule has 1 heterocycles. The van der Waals surface area contributed by atoms with E-state index >= 15 is 4.39 Å². The molecule has 3 N–H and O–H groups in total. The van der Waals surface area contributed by atoms with Crippen LogP contribution in [0.2, 0.25) is 0 Å². The first kappa shape index (κ1) is 32.1. The number of nitrogens with one attached hydrogen (secondary N) is 2. The van der Waals surface area contributed by atoms with Crippen molar-refractivity contribution >= 4 is 24.5 Å². The van der Waals surface area contributed by atoms with Crippen LogP contribution >= 0.6 is 7.75 Å². The highest BCUT2D eigenvalue weighted by molar-refractivity contribution is 7.52. The molecule has 5 atom stereocenters. The molecule has 0 aliphatic rings. The van der Waals surface area contributed by atoms with Crippen molar-refractivity contribution in [1.29, 1.82) is 0 Å². The van der Waals surface area contributed by atoms with Gasteiger partial charge in [0.05, 0.1) is 6.10 Å². The van der Waals surface area contributed by atoms with E-state index in [2.05, 4.69) is 5.09 Å². The number of hydrogen-bond acceptors (Lipinski definition) is 9. The first-order valence-electron chi connectivity index (χ1n) is 12.6. The van der Waals surface area contributed by atoms with Gasteiger partial charge < -0.3 is 19.1 Å². The highest BCUT2D eigenvalue weighted by atomic mass is 31.2. The zero-order valence-corrected chi connectivity index (χ0v) is 23.7. The molecule has 1 aromatic heterocycles. The van der Waals surface area contributed by atoms with Crippen LogP contribution in [0.25, 0.3) is 10.8 Å². The van der Waals surface area contributed by atoms with Crippen LogP contribution in [0.5, 0.6) is 5.75 Å². The van der Waals surface area contributed by atoms with Crippen LogP contribution in [0.1, 0.15) is 33.9 Å². The number of aromatic nitrogens is 2. The summed E-state index contributed by atoms with van der Waals surface area (Å²) in [5.41, 5.74) is -1.88. The number of carbonyl (C=O) groups excluding carboxylic acids is 1. The molecule has 3 aromatic rings. The quantitative estimate of drug-likeness (QED) is 0.185. The Balaban J connectivity index is 1.93. The van der Waals surface area contributed by atoms with Gasteiger partial charge in [-0.05, 0) is 39.1 Å². The van der Waals surface area contributed by atoms with Crippen LogP contribution in [0, 0.1) is 0 Å². The number of alkyl halides is 2. The van der Waals surface area contributed by atoms with Crippen LogP contribution in [0.4, 0.5) is 8.78 Å². The van der Waals surface area contributed by atoms with Gasteiger partial charge in [-0.15, -0.1) is 0 Å². The molecule has 0 saturated carbocycles. The zero-order valence-electron chi connectivity index (χ0n) is 22.8. The summed E-state index contributed by atoms with van der Waals surface area (Å²) in [5.74, 6) is -4.00. The largest absolute Gasteiger partial charge is 0.462 e. The monoisotopic (exact) mass is 599 g/mol. The van der Waals surface area contributed by atoms with Gasteiger partial charge in [0, 0.05) is 17.6 Å². The van der Waals surface area contributed by atoms with Gasteiger partial charge in [-0.3, -0.25) is 23.7 Å². The minimum atomic E-state index is -4.67. The molecule has 15 heteroatoms. The number of ether oxygens (including phenoxy) is 2. The Morgan fingerprint density at radius 3 is 2.44 bits per heavy atom. The maximum Gasteiger partial charge on any atom is 0.459 e. The van der Waals surface area contributed by atoms with Crippen LogP contribution in [0.15, 0.2) is 64.3 Å². The van der Waals surface area contributed by atoms with Crippen molar-refractivity contribution in [1.82, 2.24) is 14.6 Å². The second kappa shape index (κ2) is 13.5. The van der Waals surface area contributed by atoms with Crippen LogP contribution in [-0.4, -0.2) is 58.0 Å². The second-order valence-corrected chi connectivity index (χ2v) is 11.1. The number of rotatable bonds is 14. The van der Waals surface area contributed by atoms with E-state index in [0.717, 1.165) is 19.2 Å². The first-order valence-corrected chi connectivity index (χ1v) is 14.1. The predicted octanol–water partition coefficient (Wildman–Crippen LogP) is 3.35. The molecule has 3 rings (SSSR count). The number of aliphatic hydroxyl groups is 1. The van der Waals surface area contributed by atoms with Crippen LogP contribution in [-0.2, 0) is 23.4 Å². The van der Waals surface area contributed by atoms with Gasteiger partial charge in [-0.1, -0.05) is 36.4 Å². The smallest absolute Gasteiger partial charge is 0.459 e. The Kier molecular flexibility index (Phi) is 10.6. The van der Waals surface area contributed by atoms with Crippen LogP contribution in [0.3, 0.4) is 0 Å². The highest BCUT2D eigenvalue weighted by Gasteiger charge is 2.44. The van der Waals surface area contributed by atoms with E-state index in [0.29, 0.717) is 15.3 Å². The number of fused-ring (bicyclic) bond motifs is 1. The van der Waals surface area contributed by atoms with Crippen molar-refractivity contribution in [2.24, 2.45) is 0 Å². The van der Waals surface area contributed by atoms with E-state index in [9.17, 15) is 28.4 Å². The van der Waals surface area contributed by atoms with Crippen LogP contribution < -0.4 is 20.9 Å². The third-order valence-electron chi connectivity index (χ3n) is 5.71. The van der Waals surface area contributed by atoms with Crippen molar-refractivity contribution in [3.63, 3.8) is 0 Å². The number of aromatic amines is 1. The Labute approximate surface area is 233 Å². The number of H-pyrrole nitrogens is 1. The summed E-state index contributed by atoms with van der Waals surface area (Å²) in [5, 5.41) is 13.8. The van der Waals surface area contributed by atoms with Gasteiger partial charge >= 0.3 is 19.4 Å². The molecule has 0 spiro atoms. The molecule has 0 amide bonds. The lowest BCUT2D eigenvalue weighted by Gasteiger charge is -2.33. The van der Waals surface area contributed by atoms with E-state index < -0.39 is 68.6 Å². The Morgan fingerprint density at radius 1 is 1.12 bits per heavy atom. The molecule has 41 heavy (non-hydrogen) atoms. The minimum absolute atomic E-state index is 0.0622. The molecule has 2 unspecified atom stereocenters. The highest BCUT2D eigenvalue weighted by Crippen LogP contribution is 2.48. The van der Waals surface area contributed by atoms with Gasteiger partial charge in [-0.25, -0.2) is 18.1 Å². The molecule has 12 nitrogen and oxygen atoms in total. The summed E-state index contributed by atoms with van der Waals surface area (Å²) >= 11 is 0. The van der Waals surface area contributed by atoms with Crippen molar-refractivity contribution < 1.29 is 41.8 Å². The average molecular weight is 600 g/mol. The van der Waals surface area contributed by atoms with Gasteiger partial charge in [0.25, 0.3) is 11.4 Å². The molecule has 0 bridgehead atoms. The average Bonchev–Trinajstić information content (AvgIpc) is 2.90. The van der Waals surface area contributed by atoms with E-state index in [4.69, 9.17) is 18.5 Å². The lowest BCUT2D eigenvalue weighted by Crippen LogP contribution is -2.47. The van der Waals surface area contributed by atoms with Gasteiger partial charge in [0.2, 0.25) is 0 Å². The maximum atomic E-state index is 16.0. The summed E-state index contributed by atoms with van der Waals surface area (Å²) in [7, 11) is -4.67. The molecular weight excluding hydrogens is 567 g/mol. The third-order valence-corrected chi connectivity index (χ3v) is 7.32. The number of nitrogens with zero attached hydrogens (tertiary/aromatic N) is 1. The first-order chi connectivity index (χ1) is 19.3. The molecular formula is C26H32F2N3O9P. The standard InChI is InChI=1S/C26H32F2N3O9P/c1-16(2)38-24(34)17(3)30-41(36,40-21-11-7-9-19-8-5-6-10-20(19)21)37-15-26(28,18(4)32)39-23(14-27)31-13-12-22(33)29-25(31)35/h5-13,16-18,23,32H,14-15H2,1-4H3,(H,30,36)(H,29,33,35)/t17?,18-,23+,26+,41?/m0/s1. The number of aliphatic hydroxyl groups excluding tert-OH is 1. The topological polar surface area (TPSA) is 158 Å². The lowest BCUT2D eigenvalue weighted by molar-refractivity contribution is -0.260. The fourth-order valence-electron chi connectivity index (χ4n) is 3.59. The summed E-state index contributed by atoms with van der Waals surface area (Å²) < 4.78 is 65.7. The molecule has 0 aliphatic carbocycles. The minimum Gasteiger partial charge on any atom is -0.462 e. The molecule has 224 valence electrons. The normalized spacial score (nSPS) is 16.9. The van der Waals surface area contributed by atoms with Crippen molar-refractivity contribution in [3.8, 4) is 5.75 Å². The number of hydrogen-bond donors (Lipinski definition) is 3. The molecule has 0 aliphatic heterocycles. The van der Waals surface area contributed by atoms with Gasteiger partial charge in [-0.2, -0.15) is 5.09 Å². The van der Waals surface area contributed by atoms with E-state index in [1.165, 1.54) is 13.0 Å². The fraction of sp³-hybridized carbons (Fsp3) is 0.423. The molecule has 0 radical (unpaired) electrons. The summed E-state index contributed by atoms with van der Waals surface area (Å²) in [6.45, 7) is 2.74. The maximum absolute atomic E-state index is 16.0. The predicted molar refractivity (Wildman–Crippen MR) is 145 cm³/mol. The number of carbonyl (C=O) groups is 1. The number of halogens is 2. The van der Waals surface area contributed by atoms with Crippen molar-refractivity contribution in [3.05, 3.63) is 75.6 Å². The van der Waals surface area contributed by atoms with Gasteiger partial charge in [0.15, 0.2) is 6.23 Å². The summed E-state index contributed by atoms with van der Waals surface area (Å²) in [4.78, 5) is 37.8. The SMILES string of the molecule is CC(C)OC(=O)C(C)NP(=O)(OC[C@@](F)(O[C@H](CF)n1ccc(=O)[nH]c1=O)[C@H](C)O)Oc1cccc2ccccc12. The van der Waals surface area contributed by atoms with Crippen molar-refractivity contribution in [2.75, 3.05) is 13.3 Å². The fourth-order valence-corrected chi connectivity index (χ4v) is 5.11. The Hall–Kier alpha value is -3.42. The number of benzene rings is 2. The third kappa shape index (κ3) is 8.30. The Bertz CT molecular complexity index is 1510. The summed E-state index contributed by atoms with van der Waals surface area (Å²) in [6, 6.07) is 11.4. The van der Waals surface area contributed by atoms with Gasteiger partial charge in [0.1, 0.15) is 31.2 Å². The zero-order chi connectivity index (χ0) is 30.4. The van der Waals surface area contributed by atoms with E-state index in [-0.39, 0.29) is 5.75 Å². The van der Waals surface area contributed by atoms with Crippen molar-refractivity contribution in [2.45, 2.75) is 58.0 Å². The summed E-state index contributed by atoms with van der Waals surface area (Å²) in [6.07, 6.45) is -3.58. The number of esters is 1. The molecule has 2 aromatic carbocycles.